The molecule has 0 aliphatic heterocycles. The standard InChI is InChI=1S/C23H26F3N3O2/c1-2-16-8-10-19(11-9-16)29(21(31)23(24,25)26)22(20(27)30,17-6-4-3-5-7-17)18-12-14-28-15-13-18/h8-15,17H,2-7H2,1H3,(H2,27,30). The number of benzene rings is 1. The van der Waals surface area contributed by atoms with Crippen LogP contribution in [0.3, 0.4) is 0 Å². The summed E-state index contributed by atoms with van der Waals surface area (Å²) in [4.78, 5) is 30.5. The highest BCUT2D eigenvalue weighted by molar-refractivity contribution is 6.06. The maximum Gasteiger partial charge on any atom is 0.471 e. The number of halogens is 3. The largest absolute Gasteiger partial charge is 0.471 e. The van der Waals surface area contributed by atoms with Gasteiger partial charge in [0.25, 0.3) is 0 Å². The van der Waals surface area contributed by atoms with E-state index in [1.807, 2.05) is 6.92 Å². The second kappa shape index (κ2) is 9.08. The number of hydrogen-bond acceptors (Lipinski definition) is 3. The molecule has 1 atom stereocenters. The van der Waals surface area contributed by atoms with Crippen LogP contribution in [-0.4, -0.2) is 23.0 Å². The lowest BCUT2D eigenvalue weighted by molar-refractivity contribution is -0.173. The van der Waals surface area contributed by atoms with Crippen molar-refractivity contribution in [2.75, 3.05) is 4.90 Å². The summed E-state index contributed by atoms with van der Waals surface area (Å²) in [5.41, 5.74) is 5.03. The van der Waals surface area contributed by atoms with Crippen molar-refractivity contribution in [1.82, 2.24) is 4.98 Å². The molecule has 1 aromatic heterocycles. The van der Waals surface area contributed by atoms with Gasteiger partial charge in [0, 0.05) is 18.1 Å². The Morgan fingerprint density at radius 3 is 2.10 bits per heavy atom. The highest BCUT2D eigenvalue weighted by Crippen LogP contribution is 2.47. The summed E-state index contributed by atoms with van der Waals surface area (Å²) >= 11 is 0. The summed E-state index contributed by atoms with van der Waals surface area (Å²) in [6.45, 7) is 1.92. The third-order valence-corrected chi connectivity index (χ3v) is 6.09. The Morgan fingerprint density at radius 2 is 1.61 bits per heavy atom. The predicted molar refractivity (Wildman–Crippen MR) is 111 cm³/mol. The van der Waals surface area contributed by atoms with E-state index in [4.69, 9.17) is 5.73 Å². The lowest BCUT2D eigenvalue weighted by Crippen LogP contribution is -2.64. The fraction of sp³-hybridized carbons (Fsp3) is 0.435. The van der Waals surface area contributed by atoms with Crippen molar-refractivity contribution >= 4 is 17.5 Å². The molecule has 0 spiro atoms. The summed E-state index contributed by atoms with van der Waals surface area (Å²) in [5, 5.41) is 0. The van der Waals surface area contributed by atoms with E-state index in [0.29, 0.717) is 24.2 Å². The van der Waals surface area contributed by atoms with Gasteiger partial charge in [-0.25, -0.2) is 0 Å². The van der Waals surface area contributed by atoms with E-state index in [2.05, 4.69) is 4.98 Å². The molecule has 2 amide bonds. The van der Waals surface area contributed by atoms with Crippen molar-refractivity contribution < 1.29 is 22.8 Å². The van der Waals surface area contributed by atoms with Crippen LogP contribution < -0.4 is 10.6 Å². The molecular weight excluding hydrogens is 407 g/mol. The van der Waals surface area contributed by atoms with Crippen LogP contribution in [0.4, 0.5) is 18.9 Å². The number of pyridine rings is 1. The third-order valence-electron chi connectivity index (χ3n) is 6.09. The molecule has 0 radical (unpaired) electrons. The summed E-state index contributed by atoms with van der Waals surface area (Å²) in [7, 11) is 0. The van der Waals surface area contributed by atoms with Gasteiger partial charge in [0.15, 0.2) is 5.54 Å². The molecular formula is C23H26F3N3O2. The highest BCUT2D eigenvalue weighted by Gasteiger charge is 2.58. The second-order valence-corrected chi connectivity index (χ2v) is 7.86. The van der Waals surface area contributed by atoms with Gasteiger partial charge in [-0.2, -0.15) is 13.2 Å². The molecule has 1 aliphatic carbocycles. The molecule has 2 N–H and O–H groups in total. The average molecular weight is 433 g/mol. The molecule has 0 saturated heterocycles. The average Bonchev–Trinajstić information content (AvgIpc) is 2.77. The van der Waals surface area contributed by atoms with Gasteiger partial charge < -0.3 is 5.73 Å². The molecule has 2 aromatic rings. The lowest BCUT2D eigenvalue weighted by atomic mass is 9.69. The van der Waals surface area contributed by atoms with Crippen LogP contribution in [0.2, 0.25) is 0 Å². The van der Waals surface area contributed by atoms with Crippen LogP contribution in [0, 0.1) is 5.92 Å². The van der Waals surface area contributed by atoms with E-state index in [1.165, 1.54) is 36.7 Å². The number of primary amides is 1. The molecule has 1 aliphatic rings. The van der Waals surface area contributed by atoms with Crippen molar-refractivity contribution in [3.8, 4) is 0 Å². The van der Waals surface area contributed by atoms with E-state index in [0.717, 1.165) is 24.8 Å². The zero-order chi connectivity index (χ0) is 22.6. The first-order valence-corrected chi connectivity index (χ1v) is 10.4. The van der Waals surface area contributed by atoms with Crippen LogP contribution in [0.5, 0.6) is 0 Å². The number of nitrogens with two attached hydrogens (primary N) is 1. The normalized spacial score (nSPS) is 17.0. The predicted octanol–water partition coefficient (Wildman–Crippen LogP) is 4.50. The Morgan fingerprint density at radius 1 is 1.03 bits per heavy atom. The number of carbonyl (C=O) groups excluding carboxylic acids is 2. The molecule has 1 heterocycles. The van der Waals surface area contributed by atoms with Crippen LogP contribution in [0.15, 0.2) is 48.8 Å². The molecule has 5 nitrogen and oxygen atoms in total. The van der Waals surface area contributed by atoms with Crippen LogP contribution in [0.25, 0.3) is 0 Å². The monoisotopic (exact) mass is 433 g/mol. The fourth-order valence-electron chi connectivity index (χ4n) is 4.62. The van der Waals surface area contributed by atoms with Crippen molar-refractivity contribution in [3.05, 3.63) is 59.9 Å². The zero-order valence-electron chi connectivity index (χ0n) is 17.4. The van der Waals surface area contributed by atoms with Crippen LogP contribution >= 0.6 is 0 Å². The van der Waals surface area contributed by atoms with Gasteiger partial charge in [0.1, 0.15) is 0 Å². The van der Waals surface area contributed by atoms with E-state index >= 15 is 0 Å². The number of anilines is 1. The molecule has 1 fully saturated rings. The zero-order valence-corrected chi connectivity index (χ0v) is 17.4. The molecule has 1 aromatic carbocycles. The van der Waals surface area contributed by atoms with E-state index in [-0.39, 0.29) is 11.3 Å². The molecule has 3 rings (SSSR count). The van der Waals surface area contributed by atoms with Crippen molar-refractivity contribution in [3.63, 3.8) is 0 Å². The first kappa shape index (κ1) is 22.8. The second-order valence-electron chi connectivity index (χ2n) is 7.86. The molecule has 31 heavy (non-hydrogen) atoms. The maximum absolute atomic E-state index is 13.9. The summed E-state index contributed by atoms with van der Waals surface area (Å²) in [5.74, 6) is -3.65. The van der Waals surface area contributed by atoms with Crippen molar-refractivity contribution in [2.45, 2.75) is 57.2 Å². The maximum atomic E-state index is 13.9. The Kier molecular flexibility index (Phi) is 6.67. The van der Waals surface area contributed by atoms with Gasteiger partial charge in [0.2, 0.25) is 5.91 Å². The number of carbonyl (C=O) groups is 2. The number of aryl methyl sites for hydroxylation is 1. The Hall–Kier alpha value is -2.90. The van der Waals surface area contributed by atoms with Gasteiger partial charge in [-0.15, -0.1) is 0 Å². The number of alkyl halides is 3. The van der Waals surface area contributed by atoms with Crippen LogP contribution in [0.1, 0.15) is 50.2 Å². The van der Waals surface area contributed by atoms with Gasteiger partial charge in [0.05, 0.1) is 0 Å². The first-order chi connectivity index (χ1) is 14.7. The lowest BCUT2D eigenvalue weighted by Gasteiger charge is -2.48. The van der Waals surface area contributed by atoms with E-state index in [9.17, 15) is 22.8 Å². The number of rotatable bonds is 6. The Balaban J connectivity index is 2.32. The third kappa shape index (κ3) is 4.29. The molecule has 166 valence electrons. The minimum absolute atomic E-state index is 0.0132. The minimum Gasteiger partial charge on any atom is -0.367 e. The molecule has 1 saturated carbocycles. The van der Waals surface area contributed by atoms with E-state index < -0.39 is 29.4 Å². The number of aromatic nitrogens is 1. The fourth-order valence-corrected chi connectivity index (χ4v) is 4.62. The first-order valence-electron chi connectivity index (χ1n) is 10.4. The SMILES string of the molecule is CCc1ccc(N(C(=O)C(F)(F)F)C(C(N)=O)(c2ccncc2)C2CCCCC2)cc1. The number of amides is 2. The molecule has 8 heteroatoms. The summed E-state index contributed by atoms with van der Waals surface area (Å²) in [6.07, 6.45) is 1.66. The smallest absolute Gasteiger partial charge is 0.367 e. The molecule has 1 unspecified atom stereocenters. The van der Waals surface area contributed by atoms with Gasteiger partial charge >= 0.3 is 12.1 Å². The number of hydrogen-bond donors (Lipinski definition) is 1. The van der Waals surface area contributed by atoms with Crippen molar-refractivity contribution in [2.24, 2.45) is 11.7 Å². The van der Waals surface area contributed by atoms with Gasteiger partial charge in [-0.1, -0.05) is 38.3 Å². The minimum atomic E-state index is -5.19. The highest BCUT2D eigenvalue weighted by atomic mass is 19.4. The van der Waals surface area contributed by atoms with Crippen molar-refractivity contribution in [1.29, 1.82) is 0 Å². The van der Waals surface area contributed by atoms with Gasteiger partial charge in [-0.3, -0.25) is 19.5 Å². The Bertz CT molecular complexity index is 910. The topological polar surface area (TPSA) is 76.3 Å². The quantitative estimate of drug-likeness (QED) is 0.729. The summed E-state index contributed by atoms with van der Waals surface area (Å²) < 4.78 is 41.6. The molecule has 0 bridgehead atoms. The summed E-state index contributed by atoms with van der Waals surface area (Å²) in [6, 6.07) is 9.15. The Labute approximate surface area is 179 Å². The number of nitrogens with zero attached hydrogens (tertiary/aromatic N) is 2. The van der Waals surface area contributed by atoms with Crippen LogP contribution in [-0.2, 0) is 21.5 Å². The van der Waals surface area contributed by atoms with E-state index in [1.54, 1.807) is 12.1 Å². The van der Waals surface area contributed by atoms with Gasteiger partial charge in [-0.05, 0) is 60.6 Å².